The molecular formula is C21H23NO4S. The number of thiol groups is 1. The number of carbonyl (C=O) groups excluding carboxylic acids is 2. The first-order chi connectivity index (χ1) is 13.0. The summed E-state index contributed by atoms with van der Waals surface area (Å²) in [5.41, 5.74) is 4.60. The maximum Gasteiger partial charge on any atom is 0.407 e. The summed E-state index contributed by atoms with van der Waals surface area (Å²) >= 11 is 4.11. The molecule has 1 amide bonds. The average molecular weight is 385 g/mol. The Labute approximate surface area is 164 Å². The Morgan fingerprint density at radius 2 is 1.59 bits per heavy atom. The third-order valence-corrected chi connectivity index (χ3v) is 4.82. The zero-order valence-corrected chi connectivity index (χ0v) is 16.2. The molecular weight excluding hydrogens is 362 g/mol. The van der Waals surface area contributed by atoms with Crippen molar-refractivity contribution < 1.29 is 19.1 Å². The van der Waals surface area contributed by atoms with E-state index >= 15 is 0 Å². The van der Waals surface area contributed by atoms with Gasteiger partial charge in [0, 0.05) is 11.7 Å². The number of ether oxygens (including phenoxy) is 2. The quantitative estimate of drug-likeness (QED) is 0.587. The third kappa shape index (κ3) is 4.27. The highest BCUT2D eigenvalue weighted by molar-refractivity contribution is 7.80. The first-order valence-electron chi connectivity index (χ1n) is 8.94. The molecule has 2 aromatic rings. The Balaban J connectivity index is 1.66. The largest absolute Gasteiger partial charge is 0.461 e. The van der Waals surface area contributed by atoms with E-state index in [1.165, 1.54) is 0 Å². The van der Waals surface area contributed by atoms with Crippen LogP contribution in [-0.2, 0) is 14.3 Å². The second kappa shape index (κ2) is 8.48. The molecule has 1 atom stereocenters. The number of nitrogens with one attached hydrogen (secondary N) is 1. The second-order valence-corrected chi connectivity index (χ2v) is 7.06. The van der Waals surface area contributed by atoms with Crippen molar-refractivity contribution in [2.24, 2.45) is 0 Å². The van der Waals surface area contributed by atoms with Crippen molar-refractivity contribution in [3.8, 4) is 11.1 Å². The van der Waals surface area contributed by atoms with Crippen LogP contribution in [0.3, 0.4) is 0 Å². The van der Waals surface area contributed by atoms with Gasteiger partial charge in [0.25, 0.3) is 0 Å². The van der Waals surface area contributed by atoms with Crippen LogP contribution < -0.4 is 5.32 Å². The zero-order chi connectivity index (χ0) is 19.4. The first-order valence-corrected chi connectivity index (χ1v) is 9.57. The summed E-state index contributed by atoms with van der Waals surface area (Å²) in [5.74, 6) is -0.413. The molecule has 0 radical (unpaired) electrons. The Bertz CT molecular complexity index is 791. The fraction of sp³-hybridized carbons (Fsp3) is 0.333. The van der Waals surface area contributed by atoms with Crippen LogP contribution in [0.25, 0.3) is 11.1 Å². The van der Waals surface area contributed by atoms with Crippen LogP contribution in [0, 0.1) is 0 Å². The molecule has 0 bridgehead atoms. The molecule has 2 aromatic carbocycles. The minimum Gasteiger partial charge on any atom is -0.461 e. The molecule has 0 aromatic heterocycles. The van der Waals surface area contributed by atoms with Gasteiger partial charge in [0.1, 0.15) is 12.6 Å². The minimum atomic E-state index is -0.841. The second-order valence-electron chi connectivity index (χ2n) is 6.69. The summed E-state index contributed by atoms with van der Waals surface area (Å²) in [5, 5.41) is 2.53. The smallest absolute Gasteiger partial charge is 0.407 e. The summed E-state index contributed by atoms with van der Waals surface area (Å²) in [4.78, 5) is 24.2. The lowest BCUT2D eigenvalue weighted by atomic mass is 9.98. The maximum absolute atomic E-state index is 12.2. The summed E-state index contributed by atoms with van der Waals surface area (Å²) in [6, 6.07) is 15.4. The fourth-order valence-corrected chi connectivity index (χ4v) is 3.52. The SMILES string of the molecule is CC(C)OC(=O)[C@H](CS)NC(=O)OCC1c2ccccc2-c2ccccc21. The molecule has 0 fully saturated rings. The summed E-state index contributed by atoms with van der Waals surface area (Å²) in [6.45, 7) is 3.69. The van der Waals surface area contributed by atoms with Crippen molar-refractivity contribution in [2.75, 3.05) is 12.4 Å². The highest BCUT2D eigenvalue weighted by atomic mass is 32.1. The molecule has 0 heterocycles. The predicted molar refractivity (Wildman–Crippen MR) is 107 cm³/mol. The van der Waals surface area contributed by atoms with Gasteiger partial charge in [-0.2, -0.15) is 12.6 Å². The van der Waals surface area contributed by atoms with E-state index in [2.05, 4.69) is 42.2 Å². The molecule has 1 N–H and O–H groups in total. The Morgan fingerprint density at radius 3 is 2.11 bits per heavy atom. The van der Waals surface area contributed by atoms with Crippen LogP contribution in [0.2, 0.25) is 0 Å². The van der Waals surface area contributed by atoms with Gasteiger partial charge in [0.2, 0.25) is 0 Å². The number of carbonyl (C=O) groups is 2. The Hall–Kier alpha value is -2.47. The average Bonchev–Trinajstić information content (AvgIpc) is 2.98. The molecule has 1 aliphatic carbocycles. The summed E-state index contributed by atoms with van der Waals surface area (Å²) in [7, 11) is 0. The van der Waals surface area contributed by atoms with E-state index in [1.807, 2.05) is 24.3 Å². The zero-order valence-electron chi connectivity index (χ0n) is 15.3. The van der Waals surface area contributed by atoms with Crippen molar-refractivity contribution >= 4 is 24.7 Å². The van der Waals surface area contributed by atoms with Crippen LogP contribution in [0.1, 0.15) is 30.9 Å². The van der Waals surface area contributed by atoms with Gasteiger partial charge < -0.3 is 14.8 Å². The van der Waals surface area contributed by atoms with Crippen molar-refractivity contribution in [2.45, 2.75) is 31.9 Å². The highest BCUT2D eigenvalue weighted by Gasteiger charge is 2.29. The van der Waals surface area contributed by atoms with E-state index in [4.69, 9.17) is 9.47 Å². The van der Waals surface area contributed by atoms with Gasteiger partial charge in [0.15, 0.2) is 0 Å². The monoisotopic (exact) mass is 385 g/mol. The summed E-state index contributed by atoms with van der Waals surface area (Å²) in [6.07, 6.45) is -0.916. The van der Waals surface area contributed by atoms with Crippen LogP contribution in [0.4, 0.5) is 4.79 Å². The first kappa shape index (κ1) is 19.3. The number of benzene rings is 2. The lowest BCUT2D eigenvalue weighted by molar-refractivity contribution is -0.149. The molecule has 0 spiro atoms. The van der Waals surface area contributed by atoms with E-state index in [0.29, 0.717) is 0 Å². The van der Waals surface area contributed by atoms with Gasteiger partial charge >= 0.3 is 12.1 Å². The van der Waals surface area contributed by atoms with E-state index in [-0.39, 0.29) is 24.4 Å². The number of hydrogen-bond acceptors (Lipinski definition) is 5. The number of hydrogen-bond donors (Lipinski definition) is 2. The molecule has 0 aliphatic heterocycles. The number of rotatable bonds is 6. The Morgan fingerprint density at radius 1 is 1.04 bits per heavy atom. The van der Waals surface area contributed by atoms with Gasteiger partial charge in [0.05, 0.1) is 6.10 Å². The van der Waals surface area contributed by atoms with Crippen LogP contribution in [0.15, 0.2) is 48.5 Å². The lowest BCUT2D eigenvalue weighted by Gasteiger charge is -2.19. The van der Waals surface area contributed by atoms with E-state index in [0.717, 1.165) is 22.3 Å². The van der Waals surface area contributed by atoms with Crippen molar-refractivity contribution in [3.63, 3.8) is 0 Å². The number of fused-ring (bicyclic) bond motifs is 3. The molecule has 5 nitrogen and oxygen atoms in total. The van der Waals surface area contributed by atoms with Crippen LogP contribution in [0.5, 0.6) is 0 Å². The topological polar surface area (TPSA) is 64.6 Å². The molecule has 27 heavy (non-hydrogen) atoms. The highest BCUT2D eigenvalue weighted by Crippen LogP contribution is 2.44. The van der Waals surface area contributed by atoms with Crippen molar-refractivity contribution in [1.82, 2.24) is 5.32 Å². The van der Waals surface area contributed by atoms with Gasteiger partial charge in [-0.15, -0.1) is 0 Å². The normalized spacial score (nSPS) is 13.6. The number of esters is 1. The fourth-order valence-electron chi connectivity index (χ4n) is 3.28. The van der Waals surface area contributed by atoms with Gasteiger partial charge in [-0.05, 0) is 36.1 Å². The van der Waals surface area contributed by atoms with Gasteiger partial charge in [-0.1, -0.05) is 48.5 Å². The molecule has 6 heteroatoms. The van der Waals surface area contributed by atoms with E-state index < -0.39 is 18.1 Å². The molecule has 0 saturated heterocycles. The molecule has 0 saturated carbocycles. The van der Waals surface area contributed by atoms with Crippen molar-refractivity contribution in [3.05, 3.63) is 59.7 Å². The third-order valence-electron chi connectivity index (χ3n) is 4.45. The maximum atomic E-state index is 12.2. The molecule has 0 unspecified atom stereocenters. The predicted octanol–water partition coefficient (Wildman–Crippen LogP) is 3.78. The van der Waals surface area contributed by atoms with Gasteiger partial charge in [-0.3, -0.25) is 0 Å². The lowest BCUT2D eigenvalue weighted by Crippen LogP contribution is -2.44. The summed E-state index contributed by atoms with van der Waals surface area (Å²) < 4.78 is 10.6. The molecule has 3 rings (SSSR count). The number of alkyl carbamates (subject to hydrolysis) is 1. The van der Waals surface area contributed by atoms with Crippen molar-refractivity contribution in [1.29, 1.82) is 0 Å². The Kier molecular flexibility index (Phi) is 6.06. The van der Waals surface area contributed by atoms with E-state index in [1.54, 1.807) is 13.8 Å². The molecule has 142 valence electrons. The van der Waals surface area contributed by atoms with Crippen LogP contribution in [-0.4, -0.2) is 36.6 Å². The van der Waals surface area contributed by atoms with E-state index in [9.17, 15) is 9.59 Å². The van der Waals surface area contributed by atoms with Crippen LogP contribution >= 0.6 is 12.6 Å². The standard InChI is InChI=1S/C21H23NO4S/c1-13(2)26-20(23)19(12-27)22-21(24)25-11-18-16-9-5-3-7-14(16)15-8-4-6-10-17(15)18/h3-10,13,18-19,27H,11-12H2,1-2H3,(H,22,24)/t19-/m0/s1. The molecule has 1 aliphatic rings. The minimum absolute atomic E-state index is 0.0276. The van der Waals surface area contributed by atoms with Gasteiger partial charge in [-0.25, -0.2) is 9.59 Å². The number of amides is 1.